The van der Waals surface area contributed by atoms with Gasteiger partial charge in [0.2, 0.25) is 0 Å². The SMILES string of the molecule is N#Cc1ccc(-n2cc(C(F)(F)F)c3c2CC(F)(F)C3O)cc1Cl. The van der Waals surface area contributed by atoms with Crippen molar-refractivity contribution in [1.82, 2.24) is 4.57 Å². The molecule has 0 radical (unpaired) electrons. The van der Waals surface area contributed by atoms with Crippen LogP contribution in [-0.4, -0.2) is 15.6 Å². The van der Waals surface area contributed by atoms with Crippen molar-refractivity contribution in [2.24, 2.45) is 0 Å². The van der Waals surface area contributed by atoms with Crippen molar-refractivity contribution in [1.29, 1.82) is 5.26 Å². The van der Waals surface area contributed by atoms with Crippen LogP contribution in [0.1, 0.15) is 28.5 Å². The van der Waals surface area contributed by atoms with Crippen molar-refractivity contribution in [3.63, 3.8) is 0 Å². The quantitative estimate of drug-likeness (QED) is 0.771. The standard InChI is InChI=1S/C15H8ClF5N2O/c16-10-3-8(2-1-7(10)5-22)23-6-9(15(19,20)21)12-11(23)4-14(17,18)13(12)24/h1-3,6,13,24H,4H2. The van der Waals surface area contributed by atoms with Crippen LogP contribution in [0.15, 0.2) is 24.4 Å². The smallest absolute Gasteiger partial charge is 0.382 e. The Morgan fingerprint density at radius 3 is 2.54 bits per heavy atom. The first-order valence-electron chi connectivity index (χ1n) is 6.63. The Labute approximate surface area is 137 Å². The molecule has 1 aromatic heterocycles. The van der Waals surface area contributed by atoms with Gasteiger partial charge in [0.15, 0.2) is 0 Å². The van der Waals surface area contributed by atoms with E-state index in [4.69, 9.17) is 16.9 Å². The molecule has 1 aliphatic rings. The van der Waals surface area contributed by atoms with E-state index >= 15 is 0 Å². The molecular formula is C15H8ClF5N2O. The van der Waals surface area contributed by atoms with E-state index in [-0.39, 0.29) is 22.0 Å². The first-order valence-corrected chi connectivity index (χ1v) is 7.01. The minimum absolute atomic E-state index is 0.0173. The van der Waals surface area contributed by atoms with E-state index < -0.39 is 35.8 Å². The van der Waals surface area contributed by atoms with Gasteiger partial charge in [-0.1, -0.05) is 11.6 Å². The van der Waals surface area contributed by atoms with Gasteiger partial charge in [-0.2, -0.15) is 18.4 Å². The lowest BCUT2D eigenvalue weighted by molar-refractivity contribution is -0.142. The summed E-state index contributed by atoms with van der Waals surface area (Å²) < 4.78 is 67.8. The van der Waals surface area contributed by atoms with E-state index in [1.54, 1.807) is 6.07 Å². The summed E-state index contributed by atoms with van der Waals surface area (Å²) in [6.45, 7) is 0. The highest BCUT2D eigenvalue weighted by Gasteiger charge is 2.53. The number of aliphatic hydroxyl groups is 1. The van der Waals surface area contributed by atoms with E-state index in [0.29, 0.717) is 6.20 Å². The number of nitrogens with zero attached hydrogens (tertiary/aromatic N) is 2. The fourth-order valence-electron chi connectivity index (χ4n) is 2.78. The predicted octanol–water partition coefficient (Wildman–Crippen LogP) is 4.25. The zero-order valence-corrected chi connectivity index (χ0v) is 12.5. The first-order chi connectivity index (χ1) is 11.1. The van der Waals surface area contributed by atoms with E-state index in [2.05, 4.69) is 0 Å². The third-order valence-electron chi connectivity index (χ3n) is 3.88. The van der Waals surface area contributed by atoms with Crippen molar-refractivity contribution in [2.45, 2.75) is 24.6 Å². The average molecular weight is 363 g/mol. The topological polar surface area (TPSA) is 49.0 Å². The highest BCUT2D eigenvalue weighted by Crippen LogP contribution is 2.49. The molecule has 0 bridgehead atoms. The molecule has 1 aromatic carbocycles. The molecule has 0 spiro atoms. The second-order valence-corrected chi connectivity index (χ2v) is 5.79. The molecule has 0 fully saturated rings. The number of alkyl halides is 5. The van der Waals surface area contributed by atoms with Gasteiger partial charge in [-0.05, 0) is 18.2 Å². The molecule has 9 heteroatoms. The Hall–Kier alpha value is -2.11. The molecule has 1 unspecified atom stereocenters. The summed E-state index contributed by atoms with van der Waals surface area (Å²) >= 11 is 5.86. The van der Waals surface area contributed by atoms with Crippen LogP contribution < -0.4 is 0 Å². The number of hydrogen-bond acceptors (Lipinski definition) is 2. The summed E-state index contributed by atoms with van der Waals surface area (Å²) in [6.07, 6.45) is -7.80. The monoisotopic (exact) mass is 362 g/mol. The molecule has 1 N–H and O–H groups in total. The molecule has 3 nitrogen and oxygen atoms in total. The summed E-state index contributed by atoms with van der Waals surface area (Å²) in [7, 11) is 0. The van der Waals surface area contributed by atoms with Gasteiger partial charge in [0, 0.05) is 23.1 Å². The molecule has 0 amide bonds. The number of hydrogen-bond donors (Lipinski definition) is 1. The summed E-state index contributed by atoms with van der Waals surface area (Å²) in [6, 6.07) is 5.58. The zero-order chi connectivity index (χ0) is 17.9. The first kappa shape index (κ1) is 16.7. The van der Waals surface area contributed by atoms with Gasteiger partial charge in [0.1, 0.15) is 12.2 Å². The van der Waals surface area contributed by atoms with Crippen molar-refractivity contribution in [3.05, 3.63) is 51.8 Å². The Morgan fingerprint density at radius 2 is 2.00 bits per heavy atom. The Balaban J connectivity index is 2.24. The zero-order valence-electron chi connectivity index (χ0n) is 11.7. The fraction of sp³-hybridized carbons (Fsp3) is 0.267. The molecular weight excluding hydrogens is 355 g/mol. The molecule has 24 heavy (non-hydrogen) atoms. The van der Waals surface area contributed by atoms with Crippen molar-refractivity contribution in [3.8, 4) is 11.8 Å². The van der Waals surface area contributed by atoms with E-state index in [1.165, 1.54) is 18.2 Å². The highest BCUT2D eigenvalue weighted by atomic mass is 35.5. The summed E-state index contributed by atoms with van der Waals surface area (Å²) in [5.74, 6) is -3.69. The molecule has 3 rings (SSSR count). The van der Waals surface area contributed by atoms with E-state index in [1.807, 2.05) is 0 Å². The van der Waals surface area contributed by atoms with Crippen LogP contribution >= 0.6 is 11.6 Å². The molecule has 1 heterocycles. The van der Waals surface area contributed by atoms with Crippen LogP contribution in [0.2, 0.25) is 5.02 Å². The normalized spacial score (nSPS) is 19.2. The van der Waals surface area contributed by atoms with E-state index in [9.17, 15) is 27.1 Å². The second-order valence-electron chi connectivity index (χ2n) is 5.39. The minimum atomic E-state index is -4.90. The van der Waals surface area contributed by atoms with Crippen LogP contribution in [0.25, 0.3) is 5.69 Å². The Bertz CT molecular complexity index is 866. The maximum atomic E-state index is 13.7. The highest BCUT2D eigenvalue weighted by molar-refractivity contribution is 6.31. The molecule has 0 saturated heterocycles. The second kappa shape index (κ2) is 5.19. The minimum Gasteiger partial charge on any atom is -0.382 e. The Morgan fingerprint density at radius 1 is 1.33 bits per heavy atom. The van der Waals surface area contributed by atoms with Crippen LogP contribution in [0.3, 0.4) is 0 Å². The van der Waals surface area contributed by atoms with Gasteiger partial charge < -0.3 is 9.67 Å². The van der Waals surface area contributed by atoms with Gasteiger partial charge in [-0.3, -0.25) is 0 Å². The van der Waals surface area contributed by atoms with Crippen LogP contribution in [-0.2, 0) is 12.6 Å². The number of aromatic nitrogens is 1. The van der Waals surface area contributed by atoms with E-state index in [0.717, 1.165) is 4.57 Å². The molecule has 1 atom stereocenters. The van der Waals surface area contributed by atoms with Crippen molar-refractivity contribution >= 4 is 11.6 Å². The van der Waals surface area contributed by atoms with Gasteiger partial charge in [0.05, 0.1) is 22.6 Å². The molecule has 126 valence electrons. The lowest BCUT2D eigenvalue weighted by atomic mass is 10.1. The number of nitriles is 1. The third kappa shape index (κ3) is 2.44. The number of benzene rings is 1. The maximum Gasteiger partial charge on any atom is 0.418 e. The predicted molar refractivity (Wildman–Crippen MR) is 74.1 cm³/mol. The summed E-state index contributed by atoms with van der Waals surface area (Å²) in [5.41, 5.74) is -2.28. The van der Waals surface area contributed by atoms with Crippen LogP contribution in [0.5, 0.6) is 0 Å². The maximum absolute atomic E-state index is 13.7. The van der Waals surface area contributed by atoms with Crippen LogP contribution in [0.4, 0.5) is 22.0 Å². The summed E-state index contributed by atoms with van der Waals surface area (Å²) in [4.78, 5) is 0. The Kier molecular flexibility index (Phi) is 3.62. The largest absolute Gasteiger partial charge is 0.418 e. The van der Waals surface area contributed by atoms with Crippen molar-refractivity contribution < 1.29 is 27.1 Å². The third-order valence-corrected chi connectivity index (χ3v) is 4.20. The van der Waals surface area contributed by atoms with Gasteiger partial charge in [-0.15, -0.1) is 0 Å². The molecule has 1 aliphatic carbocycles. The number of halogens is 6. The van der Waals surface area contributed by atoms with Crippen LogP contribution in [0, 0.1) is 11.3 Å². The number of rotatable bonds is 1. The fourth-order valence-corrected chi connectivity index (χ4v) is 3.00. The lowest BCUT2D eigenvalue weighted by Gasteiger charge is -2.16. The van der Waals surface area contributed by atoms with Gasteiger partial charge in [0.25, 0.3) is 5.92 Å². The van der Waals surface area contributed by atoms with Gasteiger partial charge >= 0.3 is 6.18 Å². The molecule has 2 aromatic rings. The molecule has 0 aliphatic heterocycles. The molecule has 0 saturated carbocycles. The lowest BCUT2D eigenvalue weighted by Crippen LogP contribution is -2.23. The average Bonchev–Trinajstić information content (AvgIpc) is 2.94. The number of aliphatic hydroxyl groups excluding tert-OH is 1. The number of fused-ring (bicyclic) bond motifs is 1. The van der Waals surface area contributed by atoms with Crippen molar-refractivity contribution in [2.75, 3.05) is 0 Å². The summed E-state index contributed by atoms with van der Waals surface area (Å²) in [5, 5.41) is 18.4. The van der Waals surface area contributed by atoms with Gasteiger partial charge in [-0.25, -0.2) is 8.78 Å².